The van der Waals surface area contributed by atoms with Crippen LogP contribution in [-0.4, -0.2) is 200 Å². The van der Waals surface area contributed by atoms with Crippen LogP contribution in [0.1, 0.15) is 82.1 Å². The molecule has 11 heterocycles. The van der Waals surface area contributed by atoms with E-state index < -0.39 is 44.1 Å². The Labute approximate surface area is 724 Å². The molecule has 0 N–H and O–H groups in total. The number of Topliss-reactive ketones (excluding diaryl/α,β-unsaturated/α-hetero) is 2. The van der Waals surface area contributed by atoms with Crippen LogP contribution in [0.15, 0.2) is 148 Å². The number of likely N-dealkylation sites (N-methyl/N-ethyl adjacent to an activating group) is 2. The van der Waals surface area contributed by atoms with Crippen molar-refractivity contribution in [1.82, 2.24) is 59.1 Å². The lowest BCUT2D eigenvalue weighted by Crippen LogP contribution is -2.45. The number of hydrogen-bond donors (Lipinski definition) is 0. The van der Waals surface area contributed by atoms with Crippen molar-refractivity contribution in [3.8, 4) is 67.2 Å². The lowest BCUT2D eigenvalue weighted by atomic mass is 9.76. The molecule has 0 aliphatic carbocycles. The van der Waals surface area contributed by atoms with E-state index in [0.29, 0.717) is 104 Å². The van der Waals surface area contributed by atoms with Gasteiger partial charge in [-0.1, -0.05) is 71.7 Å². The Morgan fingerprint density at radius 2 is 1.04 bits per heavy atom. The van der Waals surface area contributed by atoms with Crippen LogP contribution in [-0.2, 0) is 58.0 Å². The van der Waals surface area contributed by atoms with Gasteiger partial charge < -0.3 is 56.4 Å². The molecule has 0 bridgehead atoms. The van der Waals surface area contributed by atoms with Crippen molar-refractivity contribution in [2.45, 2.75) is 131 Å². The normalized spacial score (nSPS) is 15.7. The quantitative estimate of drug-likeness (QED) is 0.0300. The number of ketones is 2. The molecule has 0 spiro atoms. The molecule has 2 atom stereocenters. The van der Waals surface area contributed by atoms with E-state index in [4.69, 9.17) is 69.8 Å². The SMILES string of the molecule is CC(=O)[C@@H](Cc1ccccc1OCc1ccnn1CC(F)(F)F)Oc1ncnc2sc(-c3ccc(F)o3)c(Br)c12.CCn1nccc1COc1ccccc1C[C@@H](Oc1ncnc2sc(-c3ccc(F)o3)c(-c3ccc(OCCN4CCN(C)CC4)c(Cl)c3C)c12)C(C)=O.Cc1c(B2OC(C)(C)C(C)(C)O2)ccc(OCCN2CCN(C)CC2)c1Cl. The third-order valence-corrected chi connectivity index (χ3v) is 25.9. The van der Waals surface area contributed by atoms with E-state index in [-0.39, 0.29) is 59.7 Å². The van der Waals surface area contributed by atoms with Crippen LogP contribution in [0.4, 0.5) is 22.0 Å². The molecule has 4 aromatic carbocycles. The molecule has 24 nitrogen and oxygen atoms in total. The molecule has 0 radical (unpaired) electrons. The summed E-state index contributed by atoms with van der Waals surface area (Å²) in [5, 5.41) is 10.2. The first-order chi connectivity index (χ1) is 57.9. The summed E-state index contributed by atoms with van der Waals surface area (Å²) in [6.45, 7) is 28.0. The van der Waals surface area contributed by atoms with Gasteiger partial charge in [0.05, 0.1) is 57.6 Å². The van der Waals surface area contributed by atoms with Crippen molar-refractivity contribution in [3.05, 3.63) is 194 Å². The van der Waals surface area contributed by atoms with E-state index in [1.807, 2.05) is 80.1 Å². The molecule has 0 amide bonds. The number of aryl methyl sites for hydroxylation is 1. The number of hydrogen-bond acceptors (Lipinski definition) is 24. The molecule has 3 aliphatic heterocycles. The Bertz CT molecular complexity index is 5580. The number of fused-ring (bicyclic) bond motifs is 2. The van der Waals surface area contributed by atoms with Gasteiger partial charge >= 0.3 is 13.3 Å². The monoisotopic (exact) mass is 1800 g/mol. The average Bonchev–Trinajstić information content (AvgIpc) is 1.59. The highest BCUT2D eigenvalue weighted by molar-refractivity contribution is 9.10. The van der Waals surface area contributed by atoms with Gasteiger partial charge in [-0.05, 0) is 174 Å². The Balaban J connectivity index is 0.000000166. The molecule has 3 aliphatic rings. The average molecular weight is 1810 g/mol. The zero-order valence-corrected chi connectivity index (χ0v) is 73.5. The first-order valence-electron chi connectivity index (χ1n) is 39.5. The fourth-order valence-electron chi connectivity index (χ4n) is 13.9. The summed E-state index contributed by atoms with van der Waals surface area (Å²) in [6.07, 6.45) is -0.281. The van der Waals surface area contributed by atoms with Gasteiger partial charge in [-0.25, -0.2) is 19.9 Å². The Kier molecular flexibility index (Phi) is 29.1. The number of alkyl halides is 3. The number of thiophene rings is 2. The van der Waals surface area contributed by atoms with Crippen molar-refractivity contribution in [2.75, 3.05) is 92.8 Å². The number of rotatable bonds is 30. The van der Waals surface area contributed by atoms with E-state index in [9.17, 15) is 31.5 Å². The van der Waals surface area contributed by atoms with Crippen LogP contribution in [0.3, 0.4) is 0 Å². The number of benzene rings is 4. The third-order valence-electron chi connectivity index (χ3n) is 21.6. The summed E-state index contributed by atoms with van der Waals surface area (Å²) < 4.78 is 129. The standard InChI is InChI=1S/C40H42ClFN6O5S.C26H19BrF4N4O4S.C20H32BClN2O3/c1-5-48-28(14-15-45-48)23-51-30-9-7-6-8-27(30)22-33(26(3)49)53-39-36-35(38(32-12-13-34(42)52-32)54-40(36)44-24-43-39)29-10-11-31(37(41)25(29)2)50-21-20-47-18-16-46(4)17-19-47;1-14(36)19(39-24-21-22(27)23(18-6-7-20(28)38-18)40-25(21)33-13-32-24)10-15-4-2-3-5-17(15)37-11-16-8-9-34-35(16)12-26(29,30)31;1-15-16(21-26-19(2,3)20(4,5)27-21)7-8-17(18(15)22)25-14-13-24-11-9-23(6)10-12-24/h6-15,24,33H,5,16-23H2,1-4H3;2-9,13,19H,10-12H2,1H3;7-8H,9-14H2,1-6H3/t33-;19-;/m11./s1. The summed E-state index contributed by atoms with van der Waals surface area (Å²) in [7, 11) is 3.89. The number of aromatic nitrogens is 8. The number of ether oxygens (including phenoxy) is 6. The van der Waals surface area contributed by atoms with Crippen LogP contribution in [0.25, 0.3) is 52.8 Å². The summed E-state index contributed by atoms with van der Waals surface area (Å²) in [5.74, 6) is 2.79. The Hall–Kier alpha value is -9.39. The highest BCUT2D eigenvalue weighted by Gasteiger charge is 2.52. The van der Waals surface area contributed by atoms with Crippen molar-refractivity contribution >= 4 is 106 Å². The first kappa shape index (κ1) is 89.4. The van der Waals surface area contributed by atoms with Crippen molar-refractivity contribution in [2.24, 2.45) is 0 Å². The number of halogens is 8. The van der Waals surface area contributed by atoms with E-state index in [2.05, 4.69) is 107 Å². The summed E-state index contributed by atoms with van der Waals surface area (Å²) >= 11 is 19.7. The minimum atomic E-state index is -4.43. The molecule has 3 fully saturated rings. The second kappa shape index (κ2) is 39.4. The third kappa shape index (κ3) is 21.8. The van der Waals surface area contributed by atoms with Gasteiger partial charge in [0.1, 0.15) is 89.8 Å². The second-order valence-electron chi connectivity index (χ2n) is 30.6. The van der Waals surface area contributed by atoms with Gasteiger partial charge in [-0.15, -0.1) is 22.7 Å². The van der Waals surface area contributed by atoms with Crippen molar-refractivity contribution < 1.29 is 78.1 Å². The van der Waals surface area contributed by atoms with Gasteiger partial charge in [0.25, 0.3) is 12.0 Å². The van der Waals surface area contributed by atoms with E-state index in [1.165, 1.54) is 79.6 Å². The summed E-state index contributed by atoms with van der Waals surface area (Å²) in [6, 6.07) is 29.6. The predicted molar refractivity (Wildman–Crippen MR) is 459 cm³/mol. The molecule has 640 valence electrons. The fourth-order valence-corrected chi connectivity index (χ4v) is 17.4. The zero-order chi connectivity index (χ0) is 86.0. The molecule has 8 aromatic heterocycles. The zero-order valence-electron chi connectivity index (χ0n) is 68.8. The lowest BCUT2D eigenvalue weighted by Gasteiger charge is -2.32. The highest BCUT2D eigenvalue weighted by Crippen LogP contribution is 2.51. The minimum absolute atomic E-state index is 0.0941. The van der Waals surface area contributed by atoms with Gasteiger partial charge in [0, 0.05) is 115 Å². The molecule has 0 saturated carbocycles. The van der Waals surface area contributed by atoms with Crippen LogP contribution < -0.4 is 33.9 Å². The van der Waals surface area contributed by atoms with Crippen molar-refractivity contribution in [1.29, 1.82) is 0 Å². The molecule has 0 unspecified atom stereocenters. The Morgan fingerprint density at radius 1 is 0.579 bits per heavy atom. The number of carbonyl (C=O) groups excluding carboxylic acids is 2. The molecule has 15 rings (SSSR count). The van der Waals surface area contributed by atoms with E-state index in [0.717, 1.165) is 116 Å². The molecule has 121 heavy (non-hydrogen) atoms. The number of furan rings is 2. The van der Waals surface area contributed by atoms with Gasteiger partial charge in [-0.2, -0.15) is 32.1 Å². The summed E-state index contributed by atoms with van der Waals surface area (Å²) in [4.78, 5) is 55.3. The number of para-hydroxylation sites is 2. The largest absolute Gasteiger partial charge is 0.495 e. The van der Waals surface area contributed by atoms with Gasteiger partial charge in [0.15, 0.2) is 23.8 Å². The first-order valence-corrected chi connectivity index (χ1v) is 42.6. The van der Waals surface area contributed by atoms with Gasteiger partial charge in [0.2, 0.25) is 11.8 Å². The highest BCUT2D eigenvalue weighted by atomic mass is 79.9. The fraction of sp³-hybridized carbons (Fsp3) is 0.395. The van der Waals surface area contributed by atoms with Crippen LogP contribution in [0, 0.1) is 25.9 Å². The lowest BCUT2D eigenvalue weighted by molar-refractivity contribution is -0.143. The van der Waals surface area contributed by atoms with Crippen LogP contribution in [0.5, 0.6) is 34.8 Å². The topological polar surface area (TPSA) is 234 Å². The Morgan fingerprint density at radius 3 is 1.54 bits per heavy atom. The second-order valence-corrected chi connectivity index (χ2v) is 34.1. The van der Waals surface area contributed by atoms with Crippen LogP contribution >= 0.6 is 61.8 Å². The number of piperazine rings is 2. The van der Waals surface area contributed by atoms with Crippen LogP contribution in [0.2, 0.25) is 10.0 Å². The predicted octanol–water partition coefficient (Wildman–Crippen LogP) is 17.1. The molecule has 3 saturated heterocycles. The maximum atomic E-state index is 14.3. The smallest absolute Gasteiger partial charge is 0.491 e. The van der Waals surface area contributed by atoms with E-state index >= 15 is 0 Å². The number of carbonyl (C=O) groups is 2. The van der Waals surface area contributed by atoms with Gasteiger partial charge in [-0.3, -0.25) is 28.8 Å². The number of nitrogens with zero attached hydrogens (tertiary/aromatic N) is 12. The molecule has 35 heteroatoms. The maximum Gasteiger partial charge on any atom is 0.495 e. The van der Waals surface area contributed by atoms with E-state index in [1.54, 1.807) is 36.5 Å². The van der Waals surface area contributed by atoms with Crippen molar-refractivity contribution in [3.63, 3.8) is 0 Å². The maximum absolute atomic E-state index is 14.3. The molecular formula is C86H93BBrCl2F5N12O12S2. The summed E-state index contributed by atoms with van der Waals surface area (Å²) in [5.41, 5.74) is 5.91. The molecular weight excluding hydrogens is 1710 g/mol. The molecule has 12 aromatic rings. The minimum Gasteiger partial charge on any atom is -0.491 e.